The van der Waals surface area contributed by atoms with Crippen molar-refractivity contribution in [1.29, 1.82) is 0 Å². The number of terminal acetylenes is 2. The normalized spacial score (nSPS) is 13.9. The van der Waals surface area contributed by atoms with E-state index in [9.17, 15) is 53.1 Å². The van der Waals surface area contributed by atoms with E-state index >= 15 is 0 Å². The number of benzene rings is 9. The molecule has 4 saturated heterocycles. The maximum Gasteiger partial charge on any atom is 1.00 e. The molecule has 38 heteroatoms. The van der Waals surface area contributed by atoms with Gasteiger partial charge in [0.05, 0.1) is 89.2 Å². The zero-order chi connectivity index (χ0) is 95.6. The van der Waals surface area contributed by atoms with Gasteiger partial charge in [-0.05, 0) is 256 Å². The van der Waals surface area contributed by atoms with E-state index in [0.717, 1.165) is 133 Å². The molecule has 0 bridgehead atoms. The van der Waals surface area contributed by atoms with E-state index < -0.39 is 34.7 Å². The maximum atomic E-state index is 13.7. The van der Waals surface area contributed by atoms with Crippen molar-refractivity contribution in [2.45, 2.75) is 124 Å². The first-order chi connectivity index (χ1) is 63.8. The van der Waals surface area contributed by atoms with Gasteiger partial charge in [0.25, 0.3) is 29.1 Å². The number of carbonyl (C=O) groups excluding carboxylic acids is 2. The van der Waals surface area contributed by atoms with Crippen molar-refractivity contribution >= 4 is 220 Å². The second kappa shape index (κ2) is 51.3. The van der Waals surface area contributed by atoms with E-state index in [0.29, 0.717) is 72.9 Å². The predicted octanol–water partition coefficient (Wildman–Crippen LogP) is 16.2. The number of ether oxygens (including phenoxy) is 3. The monoisotopic (exact) mass is 2240 g/mol. The number of H-pyrrole nitrogens is 1. The van der Waals surface area contributed by atoms with Gasteiger partial charge in [0.2, 0.25) is 11.8 Å². The molecule has 0 saturated carbocycles. The largest absolute Gasteiger partial charge is 1.00 e. The topological polar surface area (TPSA) is 270 Å². The van der Waals surface area contributed by atoms with Crippen LogP contribution in [0.1, 0.15) is 121 Å². The summed E-state index contributed by atoms with van der Waals surface area (Å²) >= 11 is 13.1. The molecule has 0 aliphatic carbocycles. The summed E-state index contributed by atoms with van der Waals surface area (Å²) in [5.41, 5.74) is 10.6. The van der Waals surface area contributed by atoms with Crippen molar-refractivity contribution in [2.24, 2.45) is 0 Å². The molecule has 15 aromatic rings. The van der Waals surface area contributed by atoms with Crippen LogP contribution in [0.15, 0.2) is 246 Å². The van der Waals surface area contributed by atoms with Crippen LogP contribution in [0.4, 0.5) is 13.2 Å². The fourth-order valence-electron chi connectivity index (χ4n) is 14.7. The van der Waals surface area contributed by atoms with Gasteiger partial charge < -0.3 is 33.0 Å². The number of hydrogen-bond donors (Lipinski definition) is 1. The zero-order valence-electron chi connectivity index (χ0n) is 73.1. The molecule has 4 aliphatic rings. The van der Waals surface area contributed by atoms with Crippen molar-refractivity contribution in [3.05, 3.63) is 269 Å². The fraction of sp³-hybridized carbons (Fsp3) is 0.240. The Morgan fingerprint density at radius 2 is 0.843 bits per heavy atom. The van der Waals surface area contributed by atoms with Crippen LogP contribution in [-0.4, -0.2) is 128 Å². The van der Waals surface area contributed by atoms with Gasteiger partial charge in [-0.25, -0.2) is 24.7 Å². The van der Waals surface area contributed by atoms with Crippen LogP contribution in [0, 0.1) is 69.4 Å². The standard InChI is InChI=1S/C26H21FIN3O3S.C26H22FN3O3S.C20H18FN3O.C6H5ClO2S.C6H2.C4H4INO2.C4H9O.C4H6.K.S6/c27-19-6-8-20(9-7-19)30-24-14-18-16-29-31(35(32,33)21-4-2-1-3-5-21)23(18)15-22(24)25(28)26(30)17-10-12-34-13-11-17;27-21-6-8-22(9-7-21)29-24(18-10-12-33-13-11-18)14-19-15-26-20(16-25(19)29)17-28-30(26)34(31,32)23-4-2-1-3-5-23;21-16-1-3-17(4-2-16)24-19(13-5-7-25-8-6-13)10-14-9-18-15(11-20(14)24)12-22-23-18;7-10(8,9)6-4-2-1-3-5-6;1-3-5-6-4-2;5-6-3(7)1-2-4(6)8;1-4(2,3)5;1-3-4-2;;1-3-5-6-4-2/h1-9,14-17H,10-13H2;1-9,14-18H,10-13H2;1-4,9-13H,5-8H2,(H,22,23);1-5H;1-2H;1-2H2;1-3H3;1-2H3;;/q;;;;;;-1;;+1;. The summed E-state index contributed by atoms with van der Waals surface area (Å²) in [6.45, 7) is 12.9. The Morgan fingerprint density at radius 1 is 0.493 bits per heavy atom. The minimum absolute atomic E-state index is 0. The molecule has 10 heterocycles. The molecule has 6 aromatic heterocycles. The predicted molar refractivity (Wildman–Crippen MR) is 548 cm³/mol. The molecule has 0 radical (unpaired) electrons. The van der Waals surface area contributed by atoms with Crippen molar-refractivity contribution in [3.63, 3.8) is 0 Å². The molecular formula is C96H87ClF3I2KN10O12S9. The summed E-state index contributed by atoms with van der Waals surface area (Å²) in [6.07, 6.45) is 20.8. The third kappa shape index (κ3) is 28.4. The number of imide groups is 1. The number of carbonyl (C=O) groups is 2. The van der Waals surface area contributed by atoms with Crippen LogP contribution in [-0.2, 0) is 111 Å². The number of nitrogens with one attached hydrogen (secondary N) is 1. The Kier molecular flexibility index (Phi) is 41.2. The van der Waals surface area contributed by atoms with Crippen LogP contribution in [0.25, 0.3) is 82.5 Å². The number of aromatic nitrogens is 9. The third-order valence-electron chi connectivity index (χ3n) is 20.7. The molecule has 0 spiro atoms. The summed E-state index contributed by atoms with van der Waals surface area (Å²) in [4.78, 5) is 21.5. The van der Waals surface area contributed by atoms with E-state index in [2.05, 4.69) is 139 Å². The van der Waals surface area contributed by atoms with Crippen LogP contribution >= 0.6 is 56.1 Å². The summed E-state index contributed by atoms with van der Waals surface area (Å²) in [7, 11) is -0.544. The van der Waals surface area contributed by atoms with Gasteiger partial charge in [-0.1, -0.05) is 75.4 Å². The van der Waals surface area contributed by atoms with Gasteiger partial charge in [0, 0.05) is 209 Å². The Balaban J connectivity index is 0.000000174. The Labute approximate surface area is 871 Å². The Morgan fingerprint density at radius 3 is 1.20 bits per heavy atom. The average molecular weight is 2250 g/mol. The molecular weight excluding hydrogens is 2160 g/mol. The molecule has 1 N–H and O–H groups in total. The molecule has 19 rings (SSSR count). The van der Waals surface area contributed by atoms with Gasteiger partial charge >= 0.3 is 51.4 Å². The van der Waals surface area contributed by atoms with Crippen molar-refractivity contribution < 1.29 is 119 Å². The third-order valence-corrected chi connectivity index (χ3v) is 34.2. The van der Waals surface area contributed by atoms with Crippen LogP contribution in [0.5, 0.6) is 0 Å². The van der Waals surface area contributed by atoms with Crippen molar-refractivity contribution in [2.75, 3.05) is 39.6 Å². The summed E-state index contributed by atoms with van der Waals surface area (Å²) in [6, 6.07) is 60.5. The fourth-order valence-corrected chi connectivity index (χ4v) is 25.2. The van der Waals surface area contributed by atoms with Crippen molar-refractivity contribution in [3.8, 4) is 65.4 Å². The number of rotatable bonds is 11. The summed E-state index contributed by atoms with van der Waals surface area (Å²) in [5.74, 6) is 14.0. The van der Waals surface area contributed by atoms with E-state index in [4.69, 9.17) is 37.7 Å². The number of fused-ring (bicyclic) bond motifs is 6. The van der Waals surface area contributed by atoms with E-state index in [1.165, 1.54) is 95.1 Å². The number of hydrogen-bond acceptors (Lipinski definition) is 17. The minimum atomic E-state index is -3.85. The molecule has 134 heavy (non-hydrogen) atoms. The molecule has 690 valence electrons. The first-order valence-electron chi connectivity index (χ1n) is 41.1. The van der Waals surface area contributed by atoms with Crippen LogP contribution in [0.2, 0.25) is 0 Å². The van der Waals surface area contributed by atoms with Gasteiger partial charge in [-0.2, -0.15) is 40.3 Å². The summed E-state index contributed by atoms with van der Waals surface area (Å²) in [5, 5.41) is 31.3. The first-order valence-corrected chi connectivity index (χ1v) is 55.0. The summed E-state index contributed by atoms with van der Waals surface area (Å²) < 4.78 is 143. The van der Waals surface area contributed by atoms with Crippen LogP contribution in [0.3, 0.4) is 0 Å². The molecule has 4 fully saturated rings. The Hall–Kier alpha value is -8.42. The number of aromatic amines is 1. The maximum absolute atomic E-state index is 13.7. The van der Waals surface area contributed by atoms with E-state index in [-0.39, 0.29) is 101 Å². The molecule has 9 aromatic carbocycles. The van der Waals surface area contributed by atoms with Gasteiger partial charge in [-0.15, -0.1) is 30.3 Å². The second-order valence-electron chi connectivity index (χ2n) is 30.6. The minimum Gasteiger partial charge on any atom is -0.850 e. The second-order valence-corrected chi connectivity index (χ2v) is 45.8. The number of amides is 2. The number of halogens is 6. The molecule has 0 atom stereocenters. The molecule has 4 aliphatic heterocycles. The molecule has 22 nitrogen and oxygen atoms in total. The van der Waals surface area contributed by atoms with Gasteiger partial charge in [-0.3, -0.25) is 14.7 Å². The van der Waals surface area contributed by atoms with Crippen LogP contribution < -0.4 is 56.5 Å². The van der Waals surface area contributed by atoms with Crippen molar-refractivity contribution in [1.82, 2.24) is 45.4 Å². The smallest absolute Gasteiger partial charge is 0.850 e. The first kappa shape index (κ1) is 108. The van der Waals surface area contributed by atoms with E-state index in [1.807, 2.05) is 56.4 Å². The SMILES string of the molecule is C#CC#CC#C.CC#CC.CC(C)(C)[O-].Fc1ccc(-n2c(C3CCOCC3)cc3cc4[nH]ncc4cc32)cc1.O=C1CCC(=O)N1I.O=S(=O)(Cl)c1ccccc1.O=S(=O)(c1ccccc1)n1ncc2cc3c(cc(C4CCOCC4)n3-c3ccc(F)cc3)cc21.O=S(=O)(c1ccccc1)n1ncc2cc3c(cc21)c(I)c(C1CCOCC1)n3-c1ccc(F)cc1.S=S=S=S=S=S.[K+]. The zero-order valence-corrected chi connectivity index (χ0v) is 88.6. The number of nitrogens with zero attached hydrogens (tertiary/aromatic N) is 9. The average Bonchev–Trinajstić information content (AvgIpc) is 1.57. The molecule has 0 unspecified atom stereocenters. The quantitative estimate of drug-likeness (QED) is 0.0315. The Bertz CT molecular complexity index is 7380. The van der Waals surface area contributed by atoms with E-state index in [1.54, 1.807) is 159 Å². The molecule has 2 amide bonds. The van der Waals surface area contributed by atoms with Gasteiger partial charge in [0.15, 0.2) is 0 Å². The van der Waals surface area contributed by atoms with Gasteiger partial charge in [0.1, 0.15) is 17.5 Å².